The number of benzene rings is 2. The first-order valence-corrected chi connectivity index (χ1v) is 7.33. The summed E-state index contributed by atoms with van der Waals surface area (Å²) in [5.74, 6) is -2.41. The lowest BCUT2D eigenvalue weighted by Gasteiger charge is -2.26. The smallest absolute Gasteiger partial charge is 0.320 e. The van der Waals surface area contributed by atoms with Crippen molar-refractivity contribution in [2.24, 2.45) is 0 Å². The van der Waals surface area contributed by atoms with Crippen LogP contribution in [0.2, 0.25) is 0 Å². The first-order chi connectivity index (χ1) is 11.8. The van der Waals surface area contributed by atoms with Crippen molar-refractivity contribution in [3.8, 4) is 0 Å². The summed E-state index contributed by atoms with van der Waals surface area (Å²) in [5, 5.41) is 0. The standard InChI is InChI=1S/C17H16F3N3O2/c1-10(14-9-13(19)7-8-15(14)20)23(2)17(25)22-21-16(24)11-3-5-12(18)6-4-11/h3-10H,1-2H3,(H,21,24)(H,22,25). The van der Waals surface area contributed by atoms with Gasteiger partial charge in [-0.1, -0.05) is 0 Å². The predicted molar refractivity (Wildman–Crippen MR) is 84.9 cm³/mol. The molecule has 0 aliphatic rings. The largest absolute Gasteiger partial charge is 0.336 e. The summed E-state index contributed by atoms with van der Waals surface area (Å²) >= 11 is 0. The van der Waals surface area contributed by atoms with Crippen LogP contribution in [0.3, 0.4) is 0 Å². The van der Waals surface area contributed by atoms with E-state index in [0.29, 0.717) is 0 Å². The maximum atomic E-state index is 13.8. The van der Waals surface area contributed by atoms with E-state index in [1.165, 1.54) is 26.1 Å². The van der Waals surface area contributed by atoms with Gasteiger partial charge in [-0.05, 0) is 49.4 Å². The minimum Gasteiger partial charge on any atom is -0.320 e. The van der Waals surface area contributed by atoms with Crippen molar-refractivity contribution in [2.75, 3.05) is 7.05 Å². The van der Waals surface area contributed by atoms with E-state index in [2.05, 4.69) is 10.9 Å². The van der Waals surface area contributed by atoms with Gasteiger partial charge in [-0.2, -0.15) is 0 Å². The molecule has 1 unspecified atom stereocenters. The van der Waals surface area contributed by atoms with Gasteiger partial charge in [0, 0.05) is 18.2 Å². The Labute approximate surface area is 142 Å². The number of nitrogens with one attached hydrogen (secondary N) is 2. The van der Waals surface area contributed by atoms with Crippen molar-refractivity contribution < 1.29 is 22.8 Å². The van der Waals surface area contributed by atoms with Crippen molar-refractivity contribution in [2.45, 2.75) is 13.0 Å². The van der Waals surface area contributed by atoms with Crippen molar-refractivity contribution in [3.05, 3.63) is 71.0 Å². The molecule has 0 fully saturated rings. The quantitative estimate of drug-likeness (QED) is 0.835. The normalized spacial score (nSPS) is 11.6. The molecule has 0 aromatic heterocycles. The average molecular weight is 351 g/mol. The molecule has 2 N–H and O–H groups in total. The monoisotopic (exact) mass is 351 g/mol. The third-order valence-corrected chi connectivity index (χ3v) is 3.70. The molecule has 0 saturated carbocycles. The fourth-order valence-electron chi connectivity index (χ4n) is 2.09. The molecule has 0 aliphatic carbocycles. The van der Waals surface area contributed by atoms with Gasteiger partial charge < -0.3 is 4.90 Å². The van der Waals surface area contributed by atoms with Gasteiger partial charge in [0.1, 0.15) is 17.5 Å². The molecular weight excluding hydrogens is 335 g/mol. The van der Waals surface area contributed by atoms with Crippen LogP contribution in [0.5, 0.6) is 0 Å². The summed E-state index contributed by atoms with van der Waals surface area (Å²) < 4.78 is 39.9. The second kappa shape index (κ2) is 7.69. The molecule has 132 valence electrons. The molecule has 0 bridgehead atoms. The number of halogens is 3. The highest BCUT2D eigenvalue weighted by molar-refractivity contribution is 5.95. The number of carbonyl (C=O) groups excluding carboxylic acids is 2. The van der Waals surface area contributed by atoms with E-state index >= 15 is 0 Å². The number of carbonyl (C=O) groups is 2. The van der Waals surface area contributed by atoms with Gasteiger partial charge in [-0.3, -0.25) is 10.2 Å². The van der Waals surface area contributed by atoms with Crippen molar-refractivity contribution in [1.82, 2.24) is 15.8 Å². The molecule has 0 spiro atoms. The Bertz CT molecular complexity index is 781. The second-order valence-corrected chi connectivity index (χ2v) is 5.34. The predicted octanol–water partition coefficient (Wildman–Crippen LogP) is 3.15. The molecule has 1 atom stereocenters. The molecule has 5 nitrogen and oxygen atoms in total. The lowest BCUT2D eigenvalue weighted by atomic mass is 10.1. The van der Waals surface area contributed by atoms with E-state index in [9.17, 15) is 22.8 Å². The van der Waals surface area contributed by atoms with Crippen LogP contribution >= 0.6 is 0 Å². The topological polar surface area (TPSA) is 61.4 Å². The molecule has 2 aromatic carbocycles. The van der Waals surface area contributed by atoms with Crippen LogP contribution < -0.4 is 10.9 Å². The summed E-state index contributed by atoms with van der Waals surface area (Å²) in [6.07, 6.45) is 0. The summed E-state index contributed by atoms with van der Waals surface area (Å²) in [5.41, 5.74) is 4.47. The number of hydrogen-bond donors (Lipinski definition) is 2. The van der Waals surface area contributed by atoms with Gasteiger partial charge >= 0.3 is 6.03 Å². The van der Waals surface area contributed by atoms with Crippen LogP contribution in [0.1, 0.15) is 28.9 Å². The molecule has 0 aliphatic heterocycles. The second-order valence-electron chi connectivity index (χ2n) is 5.34. The van der Waals surface area contributed by atoms with Gasteiger partial charge in [-0.25, -0.2) is 23.4 Å². The van der Waals surface area contributed by atoms with Gasteiger partial charge in [0.2, 0.25) is 0 Å². The average Bonchev–Trinajstić information content (AvgIpc) is 2.60. The summed E-state index contributed by atoms with van der Waals surface area (Å²) in [6.45, 7) is 1.51. The van der Waals surface area contributed by atoms with Crippen molar-refractivity contribution >= 4 is 11.9 Å². The van der Waals surface area contributed by atoms with Gasteiger partial charge in [0.15, 0.2) is 0 Å². The van der Waals surface area contributed by atoms with E-state index in [-0.39, 0.29) is 11.1 Å². The fraction of sp³-hybridized carbons (Fsp3) is 0.176. The minimum absolute atomic E-state index is 0.00233. The highest BCUT2D eigenvalue weighted by Gasteiger charge is 2.21. The van der Waals surface area contributed by atoms with Crippen LogP contribution in [-0.2, 0) is 0 Å². The maximum Gasteiger partial charge on any atom is 0.336 e. The van der Waals surface area contributed by atoms with Crippen LogP contribution in [0, 0.1) is 17.5 Å². The van der Waals surface area contributed by atoms with E-state index in [1.807, 2.05) is 0 Å². The molecule has 8 heteroatoms. The van der Waals surface area contributed by atoms with E-state index < -0.39 is 35.4 Å². The molecule has 0 heterocycles. The number of urea groups is 1. The number of hydrazine groups is 1. The summed E-state index contributed by atoms with van der Waals surface area (Å²) in [7, 11) is 1.37. The van der Waals surface area contributed by atoms with Crippen LogP contribution in [0.15, 0.2) is 42.5 Å². The molecule has 2 aromatic rings. The van der Waals surface area contributed by atoms with Crippen LogP contribution in [0.25, 0.3) is 0 Å². The zero-order valence-corrected chi connectivity index (χ0v) is 13.5. The van der Waals surface area contributed by atoms with Crippen LogP contribution in [-0.4, -0.2) is 23.9 Å². The first-order valence-electron chi connectivity index (χ1n) is 7.33. The highest BCUT2D eigenvalue weighted by atomic mass is 19.1. The zero-order chi connectivity index (χ0) is 18.6. The van der Waals surface area contributed by atoms with Crippen molar-refractivity contribution in [1.29, 1.82) is 0 Å². The summed E-state index contributed by atoms with van der Waals surface area (Å²) in [6, 6.07) is 6.18. The van der Waals surface area contributed by atoms with Gasteiger partial charge in [0.05, 0.1) is 6.04 Å². The summed E-state index contributed by atoms with van der Waals surface area (Å²) in [4.78, 5) is 25.0. The lowest BCUT2D eigenvalue weighted by Crippen LogP contribution is -2.48. The van der Waals surface area contributed by atoms with E-state index in [0.717, 1.165) is 35.2 Å². The Kier molecular flexibility index (Phi) is 5.63. The zero-order valence-electron chi connectivity index (χ0n) is 13.5. The van der Waals surface area contributed by atoms with Gasteiger partial charge in [0.25, 0.3) is 5.91 Å². The van der Waals surface area contributed by atoms with Crippen molar-refractivity contribution in [3.63, 3.8) is 0 Å². The van der Waals surface area contributed by atoms with Crippen LogP contribution in [0.4, 0.5) is 18.0 Å². The lowest BCUT2D eigenvalue weighted by molar-refractivity contribution is 0.0929. The molecule has 25 heavy (non-hydrogen) atoms. The fourth-order valence-corrected chi connectivity index (χ4v) is 2.09. The number of nitrogens with zero attached hydrogens (tertiary/aromatic N) is 1. The van der Waals surface area contributed by atoms with Gasteiger partial charge in [-0.15, -0.1) is 0 Å². The number of amides is 3. The number of hydrogen-bond acceptors (Lipinski definition) is 2. The SMILES string of the molecule is CC(c1cc(F)ccc1F)N(C)C(=O)NNC(=O)c1ccc(F)cc1. The third-order valence-electron chi connectivity index (χ3n) is 3.70. The first kappa shape index (κ1) is 18.3. The Morgan fingerprint density at radius 1 is 0.960 bits per heavy atom. The van der Waals surface area contributed by atoms with E-state index in [4.69, 9.17) is 0 Å². The Hall–Kier alpha value is -3.03. The Balaban J connectivity index is 1.98. The molecular formula is C17H16F3N3O2. The molecule has 3 amide bonds. The maximum absolute atomic E-state index is 13.8. The molecule has 0 saturated heterocycles. The molecule has 2 rings (SSSR count). The third kappa shape index (κ3) is 4.50. The number of rotatable bonds is 3. The van der Waals surface area contributed by atoms with E-state index in [1.54, 1.807) is 0 Å². The minimum atomic E-state index is -0.779. The highest BCUT2D eigenvalue weighted by Crippen LogP contribution is 2.22. The molecule has 0 radical (unpaired) electrons. The Morgan fingerprint density at radius 3 is 2.20 bits per heavy atom. The Morgan fingerprint density at radius 2 is 1.56 bits per heavy atom.